The smallest absolute Gasteiger partial charge is 0.325 e. The fourth-order valence-corrected chi connectivity index (χ4v) is 2.17. The number of ether oxygens (including phenoxy) is 1. The topological polar surface area (TPSA) is 84.5 Å². The van der Waals surface area contributed by atoms with Gasteiger partial charge < -0.3 is 15.4 Å². The Balaban J connectivity index is 1.68. The van der Waals surface area contributed by atoms with Crippen LogP contribution in [0.1, 0.15) is 27.0 Å². The maximum Gasteiger partial charge on any atom is 0.325 e. The molecule has 136 valence electrons. The highest BCUT2D eigenvalue weighted by atomic mass is 16.5. The molecular weight excluding hydrogens is 332 g/mol. The van der Waals surface area contributed by atoms with E-state index in [-0.39, 0.29) is 25.6 Å². The number of nitrogens with one attached hydrogen (secondary N) is 2. The van der Waals surface area contributed by atoms with E-state index in [1.807, 2.05) is 50.2 Å². The van der Waals surface area contributed by atoms with Crippen LogP contribution in [0.2, 0.25) is 0 Å². The maximum absolute atomic E-state index is 12.0. The van der Waals surface area contributed by atoms with Gasteiger partial charge in [-0.15, -0.1) is 0 Å². The lowest BCUT2D eigenvalue weighted by Crippen LogP contribution is -2.39. The summed E-state index contributed by atoms with van der Waals surface area (Å²) >= 11 is 0. The van der Waals surface area contributed by atoms with E-state index in [9.17, 15) is 14.4 Å². The minimum absolute atomic E-state index is 0.152. The Morgan fingerprint density at radius 2 is 1.62 bits per heavy atom. The van der Waals surface area contributed by atoms with Crippen molar-refractivity contribution in [3.05, 3.63) is 70.8 Å². The zero-order valence-electron chi connectivity index (χ0n) is 14.9. The van der Waals surface area contributed by atoms with Crippen LogP contribution in [0.25, 0.3) is 0 Å². The molecule has 6 nitrogen and oxygen atoms in total. The molecule has 0 bridgehead atoms. The zero-order chi connectivity index (χ0) is 18.9. The highest BCUT2D eigenvalue weighted by molar-refractivity contribution is 5.96. The lowest BCUT2D eigenvalue weighted by molar-refractivity contribution is -0.145. The van der Waals surface area contributed by atoms with Gasteiger partial charge in [0, 0.05) is 5.56 Å². The first-order valence-corrected chi connectivity index (χ1v) is 8.27. The summed E-state index contributed by atoms with van der Waals surface area (Å²) in [6.45, 7) is 3.57. The van der Waals surface area contributed by atoms with Gasteiger partial charge in [-0.25, -0.2) is 0 Å². The van der Waals surface area contributed by atoms with Crippen LogP contribution in [0, 0.1) is 13.8 Å². The second-order valence-electron chi connectivity index (χ2n) is 5.90. The summed E-state index contributed by atoms with van der Waals surface area (Å²) < 4.78 is 5.06. The molecule has 0 saturated carbocycles. The van der Waals surface area contributed by atoms with Crippen molar-refractivity contribution < 1.29 is 19.1 Å². The fraction of sp³-hybridized carbons (Fsp3) is 0.250. The van der Waals surface area contributed by atoms with E-state index in [0.717, 1.165) is 16.7 Å². The fourth-order valence-electron chi connectivity index (χ4n) is 2.17. The first kappa shape index (κ1) is 19.2. The van der Waals surface area contributed by atoms with Crippen LogP contribution in [-0.2, 0) is 20.9 Å². The Bertz CT molecular complexity index is 788. The summed E-state index contributed by atoms with van der Waals surface area (Å²) in [7, 11) is 0. The van der Waals surface area contributed by atoms with E-state index in [4.69, 9.17) is 4.74 Å². The van der Waals surface area contributed by atoms with Crippen LogP contribution in [-0.4, -0.2) is 30.9 Å². The number of carbonyl (C=O) groups excluding carboxylic acids is 3. The molecule has 0 fully saturated rings. The first-order valence-electron chi connectivity index (χ1n) is 8.27. The summed E-state index contributed by atoms with van der Waals surface area (Å²) in [6.07, 6.45) is 0. The molecule has 2 rings (SSSR count). The molecule has 0 spiro atoms. The number of esters is 1. The Kier molecular flexibility index (Phi) is 6.91. The number of benzene rings is 2. The average molecular weight is 354 g/mol. The third kappa shape index (κ3) is 6.05. The molecule has 2 aromatic rings. The monoisotopic (exact) mass is 354 g/mol. The van der Waals surface area contributed by atoms with Gasteiger partial charge >= 0.3 is 5.97 Å². The summed E-state index contributed by atoms with van der Waals surface area (Å²) in [5.41, 5.74) is 3.45. The SMILES string of the molecule is Cc1ccc(C(=O)NCC(=O)NCC(=O)OCc2ccccc2)cc1C. The first-order chi connectivity index (χ1) is 12.5. The number of rotatable bonds is 7. The van der Waals surface area contributed by atoms with Crippen LogP contribution in [0.3, 0.4) is 0 Å². The van der Waals surface area contributed by atoms with Crippen LogP contribution in [0.15, 0.2) is 48.5 Å². The van der Waals surface area contributed by atoms with Crippen LogP contribution >= 0.6 is 0 Å². The lowest BCUT2D eigenvalue weighted by atomic mass is 10.1. The van der Waals surface area contributed by atoms with Crippen molar-refractivity contribution in [3.63, 3.8) is 0 Å². The third-order valence-electron chi connectivity index (χ3n) is 3.85. The van der Waals surface area contributed by atoms with Crippen molar-refractivity contribution in [2.24, 2.45) is 0 Å². The summed E-state index contributed by atoms with van der Waals surface area (Å²) in [5.74, 6) is -1.34. The molecular formula is C20H22N2O4. The van der Waals surface area contributed by atoms with Crippen molar-refractivity contribution in [2.75, 3.05) is 13.1 Å². The normalized spacial score (nSPS) is 10.1. The standard InChI is InChI=1S/C20H22N2O4/c1-14-8-9-17(10-15(14)2)20(25)22-11-18(23)21-12-19(24)26-13-16-6-4-3-5-7-16/h3-10H,11-13H2,1-2H3,(H,21,23)(H,22,25). The van der Waals surface area contributed by atoms with Crippen LogP contribution in [0.5, 0.6) is 0 Å². The van der Waals surface area contributed by atoms with Crippen molar-refractivity contribution in [3.8, 4) is 0 Å². The number of aryl methyl sites for hydroxylation is 2. The minimum atomic E-state index is -0.539. The number of hydrogen-bond acceptors (Lipinski definition) is 4. The van der Waals surface area contributed by atoms with Gasteiger partial charge in [-0.1, -0.05) is 36.4 Å². The van der Waals surface area contributed by atoms with Gasteiger partial charge in [-0.2, -0.15) is 0 Å². The van der Waals surface area contributed by atoms with Crippen molar-refractivity contribution in [2.45, 2.75) is 20.5 Å². The molecule has 2 aromatic carbocycles. The molecule has 0 atom stereocenters. The van der Waals surface area contributed by atoms with Gasteiger partial charge in [0.1, 0.15) is 13.2 Å². The van der Waals surface area contributed by atoms with E-state index in [2.05, 4.69) is 10.6 Å². The van der Waals surface area contributed by atoms with Crippen LogP contribution in [0.4, 0.5) is 0 Å². The molecule has 6 heteroatoms. The largest absolute Gasteiger partial charge is 0.460 e. The minimum Gasteiger partial charge on any atom is -0.460 e. The highest BCUT2D eigenvalue weighted by Gasteiger charge is 2.10. The predicted octanol–water partition coefficient (Wildman–Crippen LogP) is 1.89. The average Bonchev–Trinajstić information content (AvgIpc) is 2.65. The van der Waals surface area contributed by atoms with E-state index < -0.39 is 11.9 Å². The molecule has 0 radical (unpaired) electrons. The van der Waals surface area contributed by atoms with E-state index in [1.165, 1.54) is 0 Å². The Morgan fingerprint density at radius 3 is 2.31 bits per heavy atom. The molecule has 0 aliphatic heterocycles. The summed E-state index contributed by atoms with van der Waals surface area (Å²) in [4.78, 5) is 35.4. The number of carbonyl (C=O) groups is 3. The molecule has 0 heterocycles. The predicted molar refractivity (Wildman–Crippen MR) is 97.5 cm³/mol. The second-order valence-corrected chi connectivity index (χ2v) is 5.90. The second kappa shape index (κ2) is 9.36. The van der Waals surface area contributed by atoms with Gasteiger partial charge in [0.05, 0.1) is 6.54 Å². The third-order valence-corrected chi connectivity index (χ3v) is 3.85. The molecule has 0 aliphatic rings. The molecule has 0 aromatic heterocycles. The van der Waals surface area contributed by atoms with E-state index >= 15 is 0 Å². The van der Waals surface area contributed by atoms with Crippen molar-refractivity contribution in [1.29, 1.82) is 0 Å². The maximum atomic E-state index is 12.0. The van der Waals surface area contributed by atoms with Gasteiger partial charge in [0.2, 0.25) is 5.91 Å². The van der Waals surface area contributed by atoms with Crippen LogP contribution < -0.4 is 10.6 Å². The molecule has 2 N–H and O–H groups in total. The molecule has 0 unspecified atom stereocenters. The molecule has 2 amide bonds. The lowest BCUT2D eigenvalue weighted by Gasteiger charge is -2.08. The summed E-state index contributed by atoms with van der Waals surface area (Å²) in [6, 6.07) is 14.6. The number of amides is 2. The van der Waals surface area contributed by atoms with Gasteiger partial charge in [0.25, 0.3) is 5.91 Å². The Labute approximate surface area is 152 Å². The Hall–Kier alpha value is -3.15. The van der Waals surface area contributed by atoms with E-state index in [1.54, 1.807) is 12.1 Å². The van der Waals surface area contributed by atoms with Gasteiger partial charge in [-0.3, -0.25) is 14.4 Å². The number of hydrogen-bond donors (Lipinski definition) is 2. The molecule has 0 saturated heterocycles. The van der Waals surface area contributed by atoms with E-state index in [0.29, 0.717) is 5.56 Å². The van der Waals surface area contributed by atoms with Gasteiger partial charge in [0.15, 0.2) is 0 Å². The highest BCUT2D eigenvalue weighted by Crippen LogP contribution is 2.09. The quantitative estimate of drug-likeness (QED) is 0.744. The summed E-state index contributed by atoms with van der Waals surface area (Å²) in [5, 5.41) is 4.94. The Morgan fingerprint density at radius 1 is 0.885 bits per heavy atom. The van der Waals surface area contributed by atoms with Crippen molar-refractivity contribution in [1.82, 2.24) is 10.6 Å². The molecule has 26 heavy (non-hydrogen) atoms. The zero-order valence-corrected chi connectivity index (χ0v) is 14.9. The van der Waals surface area contributed by atoms with Crippen molar-refractivity contribution >= 4 is 17.8 Å². The van der Waals surface area contributed by atoms with Gasteiger partial charge in [-0.05, 0) is 42.7 Å². The molecule has 0 aliphatic carbocycles.